The van der Waals surface area contributed by atoms with Crippen LogP contribution in [0.5, 0.6) is 0 Å². The second kappa shape index (κ2) is 7.26. The quantitative estimate of drug-likeness (QED) is 0.842. The smallest absolute Gasteiger partial charge is 0.242 e. The molecular weight excluding hydrogens is 350 g/mol. The number of piperidine rings is 1. The number of Topliss-reactive ketones (excluding diaryl/α,β-unsaturated/α-hetero) is 1. The van der Waals surface area contributed by atoms with Crippen LogP contribution in [-0.4, -0.2) is 42.3 Å². The summed E-state index contributed by atoms with van der Waals surface area (Å²) in [7, 11) is 0. The summed E-state index contributed by atoms with van der Waals surface area (Å²) in [5.74, 6) is 0.364. The van der Waals surface area contributed by atoms with E-state index in [1.54, 1.807) is 0 Å². The number of para-hydroxylation sites is 2. The van der Waals surface area contributed by atoms with Crippen molar-refractivity contribution in [3.63, 3.8) is 0 Å². The van der Waals surface area contributed by atoms with Crippen molar-refractivity contribution < 1.29 is 9.59 Å². The molecule has 0 radical (unpaired) electrons. The van der Waals surface area contributed by atoms with Crippen LogP contribution in [0.25, 0.3) is 0 Å². The van der Waals surface area contributed by atoms with Gasteiger partial charge in [0.2, 0.25) is 5.91 Å². The van der Waals surface area contributed by atoms with Crippen LogP contribution in [0, 0.1) is 5.41 Å². The van der Waals surface area contributed by atoms with Crippen LogP contribution in [0.3, 0.4) is 0 Å². The maximum atomic E-state index is 13.1. The second-order valence-electron chi connectivity index (χ2n) is 9.22. The Hall–Kier alpha value is -2.30. The summed E-state index contributed by atoms with van der Waals surface area (Å²) in [6.45, 7) is 8.38. The predicted octanol–water partition coefficient (Wildman–Crippen LogP) is 3.96. The summed E-state index contributed by atoms with van der Waals surface area (Å²) in [6.07, 6.45) is 4.78. The molecule has 5 nitrogen and oxygen atoms in total. The lowest BCUT2D eigenvalue weighted by atomic mass is 9.74. The van der Waals surface area contributed by atoms with E-state index in [4.69, 9.17) is 0 Å². The van der Waals surface area contributed by atoms with Gasteiger partial charge in [-0.2, -0.15) is 0 Å². The molecule has 1 atom stereocenters. The molecule has 1 fully saturated rings. The third-order valence-electron chi connectivity index (χ3n) is 6.32. The fourth-order valence-electron chi connectivity index (χ4n) is 4.90. The van der Waals surface area contributed by atoms with Crippen molar-refractivity contribution in [3.05, 3.63) is 35.5 Å². The minimum atomic E-state index is -0.122. The van der Waals surface area contributed by atoms with Crippen molar-refractivity contribution in [2.24, 2.45) is 5.41 Å². The lowest BCUT2D eigenvalue weighted by Crippen LogP contribution is -2.47. The Morgan fingerprint density at radius 3 is 2.61 bits per heavy atom. The number of benzene rings is 1. The Bertz CT molecular complexity index is 821. The molecular formula is C23H31N3O2. The molecule has 3 aliphatic rings. The topological polar surface area (TPSA) is 52.7 Å². The van der Waals surface area contributed by atoms with Crippen LogP contribution >= 0.6 is 0 Å². The molecule has 5 heteroatoms. The maximum Gasteiger partial charge on any atom is 0.242 e. The first kappa shape index (κ1) is 19.0. The molecule has 2 aliphatic heterocycles. The summed E-state index contributed by atoms with van der Waals surface area (Å²) in [5, 5.41) is 3.55. The van der Waals surface area contributed by atoms with Gasteiger partial charge in [-0.1, -0.05) is 26.0 Å². The third kappa shape index (κ3) is 3.54. The number of carbonyl (C=O) groups excluding carboxylic acids is 2. The van der Waals surface area contributed by atoms with Crippen LogP contribution in [0.15, 0.2) is 35.5 Å². The largest absolute Gasteiger partial charge is 0.357 e. The van der Waals surface area contributed by atoms with Gasteiger partial charge in [-0.15, -0.1) is 0 Å². The van der Waals surface area contributed by atoms with Gasteiger partial charge in [0.05, 0.1) is 24.0 Å². The summed E-state index contributed by atoms with van der Waals surface area (Å²) in [4.78, 5) is 30.2. The van der Waals surface area contributed by atoms with Crippen molar-refractivity contribution in [2.45, 2.75) is 58.9 Å². The number of hydrogen-bond acceptors (Lipinski definition) is 4. The molecule has 1 unspecified atom stereocenters. The number of allylic oxidation sites excluding steroid dienone is 1. The fourth-order valence-corrected chi connectivity index (χ4v) is 4.90. The van der Waals surface area contributed by atoms with Crippen molar-refractivity contribution in [3.8, 4) is 0 Å². The zero-order valence-electron chi connectivity index (χ0n) is 17.3. The van der Waals surface area contributed by atoms with Crippen LogP contribution in [0.4, 0.5) is 11.4 Å². The van der Waals surface area contributed by atoms with Crippen LogP contribution in [0.1, 0.15) is 52.9 Å². The van der Waals surface area contributed by atoms with Crippen LogP contribution in [0.2, 0.25) is 0 Å². The molecule has 0 spiro atoms. The zero-order valence-corrected chi connectivity index (χ0v) is 17.3. The first-order chi connectivity index (χ1) is 13.4. The minimum Gasteiger partial charge on any atom is -0.357 e. The van der Waals surface area contributed by atoms with Crippen LogP contribution in [-0.2, 0) is 9.59 Å². The van der Waals surface area contributed by atoms with E-state index in [-0.39, 0.29) is 23.1 Å². The maximum absolute atomic E-state index is 13.1. The van der Waals surface area contributed by atoms with Crippen molar-refractivity contribution in [1.29, 1.82) is 0 Å². The number of fused-ring (bicyclic) bond motifs is 1. The van der Waals surface area contributed by atoms with Gasteiger partial charge in [-0.25, -0.2) is 0 Å². The van der Waals surface area contributed by atoms with Gasteiger partial charge in [0.25, 0.3) is 0 Å². The van der Waals surface area contributed by atoms with Crippen molar-refractivity contribution in [1.82, 2.24) is 4.90 Å². The van der Waals surface area contributed by atoms with E-state index < -0.39 is 0 Å². The van der Waals surface area contributed by atoms with Gasteiger partial charge in [-0.05, 0) is 50.2 Å². The molecule has 1 saturated heterocycles. The monoisotopic (exact) mass is 381 g/mol. The molecule has 1 aromatic carbocycles. The molecule has 28 heavy (non-hydrogen) atoms. The van der Waals surface area contributed by atoms with E-state index in [1.807, 2.05) is 23.1 Å². The summed E-state index contributed by atoms with van der Waals surface area (Å²) in [5.41, 5.74) is 3.81. The van der Waals surface area contributed by atoms with Crippen molar-refractivity contribution in [2.75, 3.05) is 29.9 Å². The van der Waals surface area contributed by atoms with Gasteiger partial charge in [0, 0.05) is 30.8 Å². The predicted molar refractivity (Wildman–Crippen MR) is 112 cm³/mol. The molecule has 150 valence electrons. The SMILES string of the molecule is CC1C2=C(CC(C)(C)CC2=O)Nc2ccccc2N1CC(=O)N1CCCCC1. The number of amides is 1. The van der Waals surface area contributed by atoms with E-state index in [2.05, 4.69) is 37.1 Å². The summed E-state index contributed by atoms with van der Waals surface area (Å²) < 4.78 is 0. The standard InChI is InChI=1S/C23H31N3O2/c1-16-22-18(13-23(2,3)14-20(22)27)24-17-9-5-6-10-19(17)26(16)15-21(28)25-11-7-4-8-12-25/h5-6,9-10,16,24H,4,7-8,11-15H2,1-3H3. The lowest BCUT2D eigenvalue weighted by molar-refractivity contribution is -0.130. The van der Waals surface area contributed by atoms with Gasteiger partial charge >= 0.3 is 0 Å². The molecule has 1 N–H and O–H groups in total. The highest BCUT2D eigenvalue weighted by molar-refractivity contribution is 6.01. The molecule has 4 rings (SSSR count). The molecule has 1 aromatic rings. The molecule has 1 amide bonds. The second-order valence-corrected chi connectivity index (χ2v) is 9.22. The van der Waals surface area contributed by atoms with E-state index in [0.717, 1.165) is 55.0 Å². The zero-order chi connectivity index (χ0) is 19.9. The fraction of sp³-hybridized carbons (Fsp3) is 0.565. The Kier molecular flexibility index (Phi) is 4.94. The number of nitrogens with one attached hydrogen (secondary N) is 1. The van der Waals surface area contributed by atoms with E-state index in [0.29, 0.717) is 13.0 Å². The number of hydrogen-bond donors (Lipinski definition) is 1. The summed E-state index contributed by atoms with van der Waals surface area (Å²) >= 11 is 0. The van der Waals surface area contributed by atoms with E-state index in [1.165, 1.54) is 6.42 Å². The summed E-state index contributed by atoms with van der Waals surface area (Å²) in [6, 6.07) is 7.98. The van der Waals surface area contributed by atoms with Gasteiger partial charge in [0.15, 0.2) is 5.78 Å². The Morgan fingerprint density at radius 1 is 1.14 bits per heavy atom. The van der Waals surface area contributed by atoms with E-state index in [9.17, 15) is 9.59 Å². The molecule has 0 bridgehead atoms. The number of anilines is 2. The number of likely N-dealkylation sites (tertiary alicyclic amines) is 1. The highest BCUT2D eigenvalue weighted by Gasteiger charge is 2.39. The number of carbonyl (C=O) groups is 2. The lowest BCUT2D eigenvalue weighted by Gasteiger charge is -2.37. The first-order valence-electron chi connectivity index (χ1n) is 10.5. The van der Waals surface area contributed by atoms with E-state index >= 15 is 0 Å². The highest BCUT2D eigenvalue weighted by Crippen LogP contribution is 2.43. The Morgan fingerprint density at radius 2 is 1.86 bits per heavy atom. The number of ketones is 1. The average molecular weight is 382 g/mol. The third-order valence-corrected chi connectivity index (χ3v) is 6.32. The number of rotatable bonds is 2. The highest BCUT2D eigenvalue weighted by atomic mass is 16.2. The normalized spacial score (nSPS) is 24.2. The van der Waals surface area contributed by atoms with Gasteiger partial charge in [0.1, 0.15) is 0 Å². The molecule has 0 saturated carbocycles. The first-order valence-corrected chi connectivity index (χ1v) is 10.5. The molecule has 1 aliphatic carbocycles. The van der Waals surface area contributed by atoms with Gasteiger partial charge < -0.3 is 15.1 Å². The number of nitrogens with zero attached hydrogens (tertiary/aromatic N) is 2. The van der Waals surface area contributed by atoms with Crippen LogP contribution < -0.4 is 10.2 Å². The van der Waals surface area contributed by atoms with Gasteiger partial charge in [-0.3, -0.25) is 9.59 Å². The Balaban J connectivity index is 1.70. The molecule has 0 aromatic heterocycles. The van der Waals surface area contributed by atoms with Crippen molar-refractivity contribution >= 4 is 23.1 Å². The molecule has 2 heterocycles. The minimum absolute atomic E-state index is 0.0453. The average Bonchev–Trinajstić information content (AvgIpc) is 2.76. The Labute approximate surface area is 167 Å².